The lowest BCUT2D eigenvalue weighted by Crippen LogP contribution is -2.07. The molecule has 0 radical (unpaired) electrons. The topological polar surface area (TPSA) is 61.5 Å². The first-order valence-electron chi connectivity index (χ1n) is 5.78. The third-order valence-corrected chi connectivity index (χ3v) is 3.15. The predicted octanol–water partition coefficient (Wildman–Crippen LogP) is 2.71. The molecule has 1 rings (SSSR count). The summed E-state index contributed by atoms with van der Waals surface area (Å²) in [5, 5.41) is 0. The fraction of sp³-hybridized carbons (Fsp3) is 0.462. The van der Waals surface area contributed by atoms with Crippen LogP contribution in [0.5, 0.6) is 5.75 Å². The zero-order chi connectivity index (χ0) is 13.5. The fourth-order valence-corrected chi connectivity index (χ4v) is 2.17. The predicted molar refractivity (Wildman–Crippen MR) is 74.0 cm³/mol. The van der Waals surface area contributed by atoms with Gasteiger partial charge in [0, 0.05) is 10.6 Å². The van der Waals surface area contributed by atoms with Crippen LogP contribution < -0.4 is 10.5 Å². The third kappa shape index (κ3) is 4.87. The van der Waals surface area contributed by atoms with E-state index in [2.05, 4.69) is 4.74 Å². The molecule has 18 heavy (non-hydrogen) atoms. The molecule has 2 N–H and O–H groups in total. The molecule has 4 nitrogen and oxygen atoms in total. The fourth-order valence-electron chi connectivity index (χ4n) is 1.31. The molecule has 0 aromatic heterocycles. The maximum absolute atomic E-state index is 11.0. The van der Waals surface area contributed by atoms with Crippen molar-refractivity contribution in [3.8, 4) is 5.75 Å². The average molecular weight is 269 g/mol. The number of hydrogen-bond donors (Lipinski definition) is 1. The van der Waals surface area contributed by atoms with Crippen LogP contribution in [-0.2, 0) is 9.53 Å². The van der Waals surface area contributed by atoms with Crippen molar-refractivity contribution in [2.45, 2.75) is 31.3 Å². The number of carbonyl (C=O) groups is 1. The van der Waals surface area contributed by atoms with E-state index in [4.69, 9.17) is 10.5 Å². The highest BCUT2D eigenvalue weighted by atomic mass is 32.2. The molecule has 0 saturated heterocycles. The van der Waals surface area contributed by atoms with Gasteiger partial charge in [-0.3, -0.25) is 4.79 Å². The Balaban J connectivity index is 2.58. The Morgan fingerprint density at radius 3 is 2.78 bits per heavy atom. The van der Waals surface area contributed by atoms with E-state index in [0.29, 0.717) is 23.6 Å². The molecule has 1 aromatic rings. The van der Waals surface area contributed by atoms with Crippen molar-refractivity contribution in [2.75, 3.05) is 18.6 Å². The van der Waals surface area contributed by atoms with Crippen LogP contribution in [0.4, 0.5) is 5.69 Å². The number of nitrogens with two attached hydrogens (primary N) is 1. The zero-order valence-electron chi connectivity index (χ0n) is 10.9. The molecule has 0 heterocycles. The molecular weight excluding hydrogens is 250 g/mol. The van der Waals surface area contributed by atoms with Gasteiger partial charge in [-0.05, 0) is 32.0 Å². The van der Waals surface area contributed by atoms with Gasteiger partial charge in [-0.2, -0.15) is 0 Å². The monoisotopic (exact) mass is 269 g/mol. The van der Waals surface area contributed by atoms with Crippen LogP contribution in [0.2, 0.25) is 0 Å². The van der Waals surface area contributed by atoms with Gasteiger partial charge in [0.05, 0.1) is 25.3 Å². The summed E-state index contributed by atoms with van der Waals surface area (Å²) in [5.74, 6) is 1.17. The third-order valence-electron chi connectivity index (χ3n) is 2.15. The van der Waals surface area contributed by atoms with Gasteiger partial charge >= 0.3 is 5.97 Å². The van der Waals surface area contributed by atoms with Crippen LogP contribution in [-0.4, -0.2) is 24.9 Å². The first-order chi connectivity index (χ1) is 8.52. The summed E-state index contributed by atoms with van der Waals surface area (Å²) in [7, 11) is 1.39. The number of ether oxygens (including phenoxy) is 2. The van der Waals surface area contributed by atoms with Crippen LogP contribution in [0.25, 0.3) is 0 Å². The number of methoxy groups -OCH3 is 1. The lowest BCUT2D eigenvalue weighted by atomic mass is 10.3. The van der Waals surface area contributed by atoms with Crippen molar-refractivity contribution >= 4 is 23.4 Å². The number of nitrogen functional groups attached to an aromatic ring is 1. The highest BCUT2D eigenvalue weighted by Gasteiger charge is 2.06. The molecule has 1 aromatic carbocycles. The number of benzene rings is 1. The maximum Gasteiger partial charge on any atom is 0.306 e. The second kappa shape index (κ2) is 7.16. The second-order valence-electron chi connectivity index (χ2n) is 4.04. The summed E-state index contributed by atoms with van der Waals surface area (Å²) in [6.45, 7) is 3.91. The molecular formula is C13H19NO3S. The Morgan fingerprint density at radius 2 is 2.17 bits per heavy atom. The largest absolute Gasteiger partial charge is 0.489 e. The smallest absolute Gasteiger partial charge is 0.306 e. The SMILES string of the molecule is COC(=O)CCSc1ccc(N)c(OC(C)C)c1. The van der Waals surface area contributed by atoms with Crippen molar-refractivity contribution in [3.05, 3.63) is 18.2 Å². The Morgan fingerprint density at radius 1 is 1.44 bits per heavy atom. The Hall–Kier alpha value is -1.36. The van der Waals surface area contributed by atoms with Gasteiger partial charge in [0.2, 0.25) is 0 Å². The van der Waals surface area contributed by atoms with Crippen molar-refractivity contribution in [1.82, 2.24) is 0 Å². The van der Waals surface area contributed by atoms with Crippen molar-refractivity contribution in [2.24, 2.45) is 0 Å². The highest BCUT2D eigenvalue weighted by Crippen LogP contribution is 2.29. The molecule has 0 atom stereocenters. The number of anilines is 1. The molecule has 0 aliphatic rings. The van der Waals surface area contributed by atoms with Crippen LogP contribution in [0.15, 0.2) is 23.1 Å². The van der Waals surface area contributed by atoms with Gasteiger partial charge in [-0.1, -0.05) is 0 Å². The van der Waals surface area contributed by atoms with Crippen molar-refractivity contribution in [1.29, 1.82) is 0 Å². The minimum absolute atomic E-state index is 0.0858. The Labute approximate surface area is 112 Å². The van der Waals surface area contributed by atoms with Crippen LogP contribution in [0.3, 0.4) is 0 Å². The first kappa shape index (κ1) is 14.7. The van der Waals surface area contributed by atoms with Gasteiger partial charge in [-0.15, -0.1) is 11.8 Å². The summed E-state index contributed by atoms with van der Waals surface area (Å²) in [5.41, 5.74) is 6.45. The van der Waals surface area contributed by atoms with E-state index in [9.17, 15) is 4.79 Å². The molecule has 0 unspecified atom stereocenters. The van der Waals surface area contributed by atoms with Crippen LogP contribution >= 0.6 is 11.8 Å². The van der Waals surface area contributed by atoms with Crippen molar-refractivity contribution in [3.63, 3.8) is 0 Å². The minimum atomic E-state index is -0.198. The summed E-state index contributed by atoms with van der Waals surface area (Å²) < 4.78 is 10.2. The molecule has 5 heteroatoms. The lowest BCUT2D eigenvalue weighted by molar-refractivity contribution is -0.140. The normalized spacial score (nSPS) is 10.4. The average Bonchev–Trinajstić information content (AvgIpc) is 2.32. The molecule has 100 valence electrons. The molecule has 0 aliphatic heterocycles. The zero-order valence-corrected chi connectivity index (χ0v) is 11.8. The molecule has 0 spiro atoms. The number of rotatable bonds is 6. The Bertz CT molecular complexity index is 407. The number of hydrogen-bond acceptors (Lipinski definition) is 5. The van der Waals surface area contributed by atoms with Gasteiger partial charge in [0.15, 0.2) is 0 Å². The van der Waals surface area contributed by atoms with Gasteiger partial charge in [0.1, 0.15) is 5.75 Å². The van der Waals surface area contributed by atoms with E-state index in [1.165, 1.54) is 7.11 Å². The van der Waals surface area contributed by atoms with Crippen molar-refractivity contribution < 1.29 is 14.3 Å². The van der Waals surface area contributed by atoms with Gasteiger partial charge in [-0.25, -0.2) is 0 Å². The van der Waals surface area contributed by atoms with E-state index < -0.39 is 0 Å². The molecule has 0 aliphatic carbocycles. The molecule has 0 bridgehead atoms. The van der Waals surface area contributed by atoms with Crippen LogP contribution in [0, 0.1) is 0 Å². The maximum atomic E-state index is 11.0. The van der Waals surface area contributed by atoms with E-state index in [1.807, 2.05) is 32.0 Å². The summed E-state index contributed by atoms with van der Waals surface area (Å²) in [6, 6.07) is 5.64. The standard InChI is InChI=1S/C13H19NO3S/c1-9(2)17-12-8-10(4-5-11(12)14)18-7-6-13(15)16-3/h4-5,8-9H,6-7,14H2,1-3H3. The van der Waals surface area contributed by atoms with E-state index in [-0.39, 0.29) is 12.1 Å². The lowest BCUT2D eigenvalue weighted by Gasteiger charge is -2.13. The quantitative estimate of drug-likeness (QED) is 0.489. The molecule has 0 amide bonds. The van der Waals surface area contributed by atoms with E-state index in [1.54, 1.807) is 11.8 Å². The molecule has 0 saturated carbocycles. The van der Waals surface area contributed by atoms with E-state index >= 15 is 0 Å². The summed E-state index contributed by atoms with van der Waals surface area (Å²) >= 11 is 1.58. The Kier molecular flexibility index (Phi) is 5.85. The van der Waals surface area contributed by atoms with Gasteiger partial charge in [0.25, 0.3) is 0 Å². The van der Waals surface area contributed by atoms with Gasteiger partial charge < -0.3 is 15.2 Å². The summed E-state index contributed by atoms with van der Waals surface area (Å²) in [4.78, 5) is 12.0. The first-order valence-corrected chi connectivity index (χ1v) is 6.77. The second-order valence-corrected chi connectivity index (χ2v) is 5.21. The van der Waals surface area contributed by atoms with Crippen LogP contribution in [0.1, 0.15) is 20.3 Å². The number of esters is 1. The minimum Gasteiger partial charge on any atom is -0.489 e. The number of thioether (sulfide) groups is 1. The number of carbonyl (C=O) groups excluding carboxylic acids is 1. The summed E-state index contributed by atoms with van der Waals surface area (Å²) in [6.07, 6.45) is 0.481. The highest BCUT2D eigenvalue weighted by molar-refractivity contribution is 7.99. The molecule has 0 fully saturated rings. The van der Waals surface area contributed by atoms with E-state index in [0.717, 1.165) is 4.90 Å².